The molecule has 2 heterocycles. The number of aryl methyl sites for hydroxylation is 2. The Morgan fingerprint density at radius 1 is 1.25 bits per heavy atom. The number of rotatable bonds is 3. The van der Waals surface area contributed by atoms with Gasteiger partial charge in [-0.15, -0.1) is 0 Å². The lowest BCUT2D eigenvalue weighted by Crippen LogP contribution is -2.42. The Hall–Kier alpha value is -0.850. The van der Waals surface area contributed by atoms with Gasteiger partial charge in [-0.25, -0.2) is 8.42 Å². The van der Waals surface area contributed by atoms with Crippen LogP contribution in [0.5, 0.6) is 0 Å². The molecule has 0 radical (unpaired) electrons. The van der Waals surface area contributed by atoms with E-state index >= 15 is 0 Å². The first kappa shape index (κ1) is 15.5. The Labute approximate surface area is 120 Å². The van der Waals surface area contributed by atoms with Crippen LogP contribution >= 0.6 is 0 Å². The van der Waals surface area contributed by atoms with Crippen LogP contribution in [-0.2, 0) is 16.6 Å². The molecule has 6 heteroatoms. The molecule has 0 aromatic carbocycles. The van der Waals surface area contributed by atoms with E-state index in [4.69, 9.17) is 4.42 Å². The van der Waals surface area contributed by atoms with Crippen LogP contribution in [0.3, 0.4) is 0 Å². The molecule has 5 nitrogen and oxygen atoms in total. The fraction of sp³-hybridized carbons (Fsp3) is 0.714. The van der Waals surface area contributed by atoms with Crippen LogP contribution in [0.15, 0.2) is 9.31 Å². The van der Waals surface area contributed by atoms with Gasteiger partial charge in [-0.05, 0) is 32.1 Å². The minimum absolute atomic E-state index is 0.152. The molecule has 2 unspecified atom stereocenters. The molecule has 1 aromatic rings. The number of piperidine rings is 1. The van der Waals surface area contributed by atoms with E-state index < -0.39 is 10.0 Å². The molecule has 1 saturated heterocycles. The molecule has 1 aromatic heterocycles. The van der Waals surface area contributed by atoms with E-state index in [1.165, 1.54) is 4.31 Å². The Morgan fingerprint density at radius 3 is 2.45 bits per heavy atom. The molecule has 114 valence electrons. The highest BCUT2D eigenvalue weighted by atomic mass is 32.2. The van der Waals surface area contributed by atoms with Crippen LogP contribution in [0.2, 0.25) is 0 Å². The third kappa shape index (κ3) is 2.52. The van der Waals surface area contributed by atoms with Crippen molar-refractivity contribution >= 4 is 10.0 Å². The number of hydrogen-bond donors (Lipinski definition) is 1. The zero-order chi connectivity index (χ0) is 15.1. The molecule has 1 aliphatic rings. The van der Waals surface area contributed by atoms with Gasteiger partial charge in [0.05, 0.1) is 6.61 Å². The quantitative estimate of drug-likeness (QED) is 0.927. The number of aliphatic hydroxyl groups excluding tert-OH is 1. The molecule has 2 atom stereocenters. The molecule has 20 heavy (non-hydrogen) atoms. The second-order valence-corrected chi connectivity index (χ2v) is 7.66. The zero-order valence-electron chi connectivity index (χ0n) is 12.5. The van der Waals surface area contributed by atoms with Crippen molar-refractivity contribution in [2.24, 2.45) is 11.8 Å². The Kier molecular flexibility index (Phi) is 4.27. The Morgan fingerprint density at radius 2 is 1.90 bits per heavy atom. The third-order valence-electron chi connectivity index (χ3n) is 4.38. The van der Waals surface area contributed by atoms with Crippen molar-refractivity contribution in [3.05, 3.63) is 17.1 Å². The molecule has 0 bridgehead atoms. The Balaban J connectivity index is 2.41. The summed E-state index contributed by atoms with van der Waals surface area (Å²) in [6.07, 6.45) is 0.866. The van der Waals surface area contributed by atoms with Crippen molar-refractivity contribution in [3.63, 3.8) is 0 Å². The van der Waals surface area contributed by atoms with Gasteiger partial charge in [-0.1, -0.05) is 13.8 Å². The maximum atomic E-state index is 12.8. The van der Waals surface area contributed by atoms with Crippen LogP contribution < -0.4 is 0 Å². The summed E-state index contributed by atoms with van der Waals surface area (Å²) < 4.78 is 32.5. The third-order valence-corrected chi connectivity index (χ3v) is 6.44. The minimum atomic E-state index is -3.59. The molecule has 0 spiro atoms. The minimum Gasteiger partial charge on any atom is -0.465 e. The van der Waals surface area contributed by atoms with Gasteiger partial charge < -0.3 is 9.52 Å². The van der Waals surface area contributed by atoms with Crippen molar-refractivity contribution in [2.75, 3.05) is 13.1 Å². The maximum Gasteiger partial charge on any atom is 0.246 e. The van der Waals surface area contributed by atoms with Crippen molar-refractivity contribution in [1.82, 2.24) is 4.31 Å². The highest BCUT2D eigenvalue weighted by molar-refractivity contribution is 7.89. The highest BCUT2D eigenvalue weighted by Crippen LogP contribution is 2.32. The summed E-state index contributed by atoms with van der Waals surface area (Å²) in [5, 5.41) is 9.43. The smallest absolute Gasteiger partial charge is 0.246 e. The van der Waals surface area contributed by atoms with E-state index in [0.717, 1.165) is 6.42 Å². The van der Waals surface area contributed by atoms with Gasteiger partial charge >= 0.3 is 0 Å². The van der Waals surface area contributed by atoms with Crippen LogP contribution in [0, 0.1) is 25.7 Å². The highest BCUT2D eigenvalue weighted by Gasteiger charge is 2.36. The predicted molar refractivity (Wildman–Crippen MR) is 75.8 cm³/mol. The van der Waals surface area contributed by atoms with E-state index in [-0.39, 0.29) is 11.5 Å². The van der Waals surface area contributed by atoms with E-state index in [9.17, 15) is 13.5 Å². The lowest BCUT2D eigenvalue weighted by molar-refractivity contribution is 0.212. The first-order valence-electron chi connectivity index (χ1n) is 6.99. The molecule has 2 rings (SSSR count). The standard InChI is InChI=1S/C14H23NO4S/c1-9-5-6-15(7-10(9)2)20(17,18)14-12(4)19-11(3)13(14)8-16/h9-10,16H,5-8H2,1-4H3. The fourth-order valence-electron chi connectivity index (χ4n) is 2.80. The largest absolute Gasteiger partial charge is 0.465 e. The van der Waals surface area contributed by atoms with Gasteiger partial charge in [-0.3, -0.25) is 0 Å². The summed E-state index contributed by atoms with van der Waals surface area (Å²) in [5.74, 6) is 1.70. The van der Waals surface area contributed by atoms with Gasteiger partial charge in [0, 0.05) is 18.7 Å². The normalized spacial score (nSPS) is 25.1. The van der Waals surface area contributed by atoms with Gasteiger partial charge in [0.15, 0.2) is 0 Å². The Bertz CT molecular complexity index is 591. The van der Waals surface area contributed by atoms with Crippen molar-refractivity contribution < 1.29 is 17.9 Å². The monoisotopic (exact) mass is 301 g/mol. The lowest BCUT2D eigenvalue weighted by Gasteiger charge is -2.34. The predicted octanol–water partition coefficient (Wildman–Crippen LogP) is 2.06. The molecule has 1 fully saturated rings. The molecule has 1 N–H and O–H groups in total. The van der Waals surface area contributed by atoms with Gasteiger partial charge in [0.25, 0.3) is 0 Å². The molecule has 1 aliphatic heterocycles. The average molecular weight is 301 g/mol. The molecular formula is C14H23NO4S. The number of nitrogens with zero attached hydrogens (tertiary/aromatic N) is 1. The van der Waals surface area contributed by atoms with Gasteiger partial charge in [0.2, 0.25) is 10.0 Å². The lowest BCUT2D eigenvalue weighted by atomic mass is 9.90. The summed E-state index contributed by atoms with van der Waals surface area (Å²) in [6.45, 7) is 8.28. The molecule has 0 amide bonds. The molecule has 0 saturated carbocycles. The number of sulfonamides is 1. The van der Waals surface area contributed by atoms with Crippen LogP contribution in [-0.4, -0.2) is 30.9 Å². The van der Waals surface area contributed by atoms with Gasteiger partial charge in [0.1, 0.15) is 16.4 Å². The van der Waals surface area contributed by atoms with E-state index in [1.807, 2.05) is 0 Å². The first-order valence-corrected chi connectivity index (χ1v) is 8.43. The van der Waals surface area contributed by atoms with Crippen LogP contribution in [0.1, 0.15) is 37.4 Å². The number of furan rings is 1. The topological polar surface area (TPSA) is 70.8 Å². The summed E-state index contributed by atoms with van der Waals surface area (Å²) >= 11 is 0. The second kappa shape index (κ2) is 5.50. The van der Waals surface area contributed by atoms with Crippen molar-refractivity contribution in [1.29, 1.82) is 0 Å². The summed E-state index contributed by atoms with van der Waals surface area (Å²) in [7, 11) is -3.59. The number of hydrogen-bond acceptors (Lipinski definition) is 4. The average Bonchev–Trinajstić information content (AvgIpc) is 2.67. The summed E-state index contributed by atoms with van der Waals surface area (Å²) in [6, 6.07) is 0. The zero-order valence-corrected chi connectivity index (χ0v) is 13.3. The summed E-state index contributed by atoms with van der Waals surface area (Å²) in [5.41, 5.74) is 0.383. The first-order chi connectivity index (χ1) is 9.28. The molecular weight excluding hydrogens is 278 g/mol. The maximum absolute atomic E-state index is 12.8. The van der Waals surface area contributed by atoms with E-state index in [1.54, 1.807) is 13.8 Å². The fourth-order valence-corrected chi connectivity index (χ4v) is 4.76. The van der Waals surface area contributed by atoms with Crippen LogP contribution in [0.4, 0.5) is 0 Å². The van der Waals surface area contributed by atoms with Crippen molar-refractivity contribution in [2.45, 2.75) is 45.6 Å². The summed E-state index contributed by atoms with van der Waals surface area (Å²) in [4.78, 5) is 0.152. The number of aliphatic hydroxyl groups is 1. The van der Waals surface area contributed by atoms with Crippen LogP contribution in [0.25, 0.3) is 0 Å². The van der Waals surface area contributed by atoms with E-state index in [2.05, 4.69) is 13.8 Å². The SMILES string of the molecule is Cc1oc(C)c(S(=O)(=O)N2CCC(C)C(C)C2)c1CO. The van der Waals surface area contributed by atoms with E-state index in [0.29, 0.717) is 42.0 Å². The second-order valence-electron chi connectivity index (χ2n) is 5.79. The molecule has 0 aliphatic carbocycles. The van der Waals surface area contributed by atoms with Crippen molar-refractivity contribution in [3.8, 4) is 0 Å². The van der Waals surface area contributed by atoms with Gasteiger partial charge in [-0.2, -0.15) is 4.31 Å².